The molecule has 3 N–H and O–H groups in total. The summed E-state index contributed by atoms with van der Waals surface area (Å²) in [5.74, 6) is -0.0130. The number of aromatic nitrogens is 3. The van der Waals surface area contributed by atoms with Gasteiger partial charge in [0.15, 0.2) is 0 Å². The SMILES string of the molecule is CC(C)[C@@H]1CCC[C@H](NC(=O)O)c2cc(ccn2)-c2c(cnn2C)NC1=O. The zero-order valence-corrected chi connectivity index (χ0v) is 15.8. The summed E-state index contributed by atoms with van der Waals surface area (Å²) in [5, 5.41) is 19.1. The van der Waals surface area contributed by atoms with E-state index in [1.165, 1.54) is 0 Å². The third kappa shape index (κ3) is 4.10. The number of anilines is 1. The Labute approximate surface area is 158 Å². The maximum Gasteiger partial charge on any atom is 0.405 e. The van der Waals surface area contributed by atoms with Crippen molar-refractivity contribution in [3.05, 3.63) is 30.2 Å². The number of hydrogen-bond acceptors (Lipinski definition) is 4. The Kier molecular flexibility index (Phi) is 5.43. The van der Waals surface area contributed by atoms with Crippen molar-refractivity contribution in [1.82, 2.24) is 20.1 Å². The monoisotopic (exact) mass is 371 g/mol. The molecule has 8 nitrogen and oxygen atoms in total. The van der Waals surface area contributed by atoms with E-state index < -0.39 is 12.1 Å². The van der Waals surface area contributed by atoms with Crippen molar-refractivity contribution in [2.75, 3.05) is 5.32 Å². The number of nitrogens with zero attached hydrogens (tertiary/aromatic N) is 3. The highest BCUT2D eigenvalue weighted by atomic mass is 16.4. The van der Waals surface area contributed by atoms with Gasteiger partial charge >= 0.3 is 6.09 Å². The van der Waals surface area contributed by atoms with Gasteiger partial charge in [0.25, 0.3) is 0 Å². The second-order valence-corrected chi connectivity index (χ2v) is 7.27. The van der Waals surface area contributed by atoms with Gasteiger partial charge in [0.2, 0.25) is 5.91 Å². The lowest BCUT2D eigenvalue weighted by molar-refractivity contribution is -0.121. The minimum absolute atomic E-state index is 0.0307. The Balaban J connectivity index is 2.08. The molecule has 2 amide bonds. The zero-order chi connectivity index (χ0) is 19.6. The third-order valence-electron chi connectivity index (χ3n) is 5.06. The van der Waals surface area contributed by atoms with Crippen LogP contribution in [0.4, 0.5) is 10.5 Å². The van der Waals surface area contributed by atoms with E-state index in [0.717, 1.165) is 11.3 Å². The van der Waals surface area contributed by atoms with Crippen molar-refractivity contribution in [3.8, 4) is 11.3 Å². The summed E-state index contributed by atoms with van der Waals surface area (Å²) in [6.45, 7) is 4.05. The second-order valence-electron chi connectivity index (χ2n) is 7.27. The Morgan fingerprint density at radius 3 is 2.89 bits per heavy atom. The lowest BCUT2D eigenvalue weighted by Crippen LogP contribution is -2.30. The molecule has 0 unspecified atom stereocenters. The molecule has 3 rings (SSSR count). The molecule has 0 aliphatic carbocycles. The molecule has 0 saturated carbocycles. The van der Waals surface area contributed by atoms with Gasteiger partial charge in [0.05, 0.1) is 29.3 Å². The highest BCUT2D eigenvalue weighted by Crippen LogP contribution is 2.32. The normalized spacial score (nSPS) is 20.2. The van der Waals surface area contributed by atoms with Crippen LogP contribution in [0.25, 0.3) is 11.3 Å². The molecule has 2 bridgehead atoms. The van der Waals surface area contributed by atoms with E-state index in [0.29, 0.717) is 30.6 Å². The van der Waals surface area contributed by atoms with Crippen LogP contribution in [-0.2, 0) is 11.8 Å². The molecule has 0 spiro atoms. The summed E-state index contributed by atoms with van der Waals surface area (Å²) < 4.78 is 1.70. The quantitative estimate of drug-likeness (QED) is 0.751. The van der Waals surface area contributed by atoms with Gasteiger partial charge < -0.3 is 15.7 Å². The number of aryl methyl sites for hydroxylation is 1. The summed E-state index contributed by atoms with van der Waals surface area (Å²) in [4.78, 5) is 28.5. The van der Waals surface area contributed by atoms with E-state index in [9.17, 15) is 14.7 Å². The molecule has 1 aliphatic heterocycles. The molecule has 0 saturated heterocycles. The number of carboxylic acid groups (broad SMARTS) is 1. The molecule has 0 radical (unpaired) electrons. The Bertz CT molecular complexity index is 846. The smallest absolute Gasteiger partial charge is 0.405 e. The van der Waals surface area contributed by atoms with Crippen LogP contribution in [-0.4, -0.2) is 31.9 Å². The Morgan fingerprint density at radius 1 is 1.41 bits per heavy atom. The summed E-state index contributed by atoms with van der Waals surface area (Å²) in [5.41, 5.74) is 2.90. The van der Waals surface area contributed by atoms with Crippen LogP contribution in [0.1, 0.15) is 44.8 Å². The van der Waals surface area contributed by atoms with Crippen LogP contribution in [0.2, 0.25) is 0 Å². The standard InChI is InChI=1S/C19H25N5O3/c1-11(2)13-5-4-6-14(23-19(26)27)15-9-12(7-8-20-15)17-16(22-18(13)25)10-21-24(17)3/h7-11,13-14,23H,4-6H2,1-3H3,(H,22,25)(H,26,27)/t13-,14-/m0/s1. The fourth-order valence-corrected chi connectivity index (χ4v) is 3.64. The first-order valence-electron chi connectivity index (χ1n) is 9.15. The van der Waals surface area contributed by atoms with Gasteiger partial charge in [-0.1, -0.05) is 20.3 Å². The largest absolute Gasteiger partial charge is 0.465 e. The van der Waals surface area contributed by atoms with Gasteiger partial charge in [-0.25, -0.2) is 4.79 Å². The number of pyridine rings is 1. The van der Waals surface area contributed by atoms with Crippen LogP contribution >= 0.6 is 0 Å². The van der Waals surface area contributed by atoms with Crippen LogP contribution in [0.15, 0.2) is 24.5 Å². The highest BCUT2D eigenvalue weighted by molar-refractivity contribution is 5.96. The molecule has 3 heterocycles. The van der Waals surface area contributed by atoms with E-state index in [2.05, 4.69) is 20.7 Å². The number of nitrogens with one attached hydrogen (secondary N) is 2. The second kappa shape index (κ2) is 7.77. The molecule has 2 aromatic heterocycles. The van der Waals surface area contributed by atoms with Crippen LogP contribution < -0.4 is 10.6 Å². The first kappa shape index (κ1) is 18.9. The topological polar surface area (TPSA) is 109 Å². The highest BCUT2D eigenvalue weighted by Gasteiger charge is 2.26. The first-order chi connectivity index (χ1) is 12.9. The fourth-order valence-electron chi connectivity index (χ4n) is 3.64. The van der Waals surface area contributed by atoms with Crippen LogP contribution in [0, 0.1) is 11.8 Å². The van der Waals surface area contributed by atoms with Gasteiger partial charge in [-0.05, 0) is 30.9 Å². The van der Waals surface area contributed by atoms with E-state index in [4.69, 9.17) is 0 Å². The predicted molar refractivity (Wildman–Crippen MR) is 101 cm³/mol. The number of carbonyl (C=O) groups is 2. The first-order valence-corrected chi connectivity index (χ1v) is 9.15. The predicted octanol–water partition coefficient (Wildman–Crippen LogP) is 3.19. The average molecular weight is 371 g/mol. The van der Waals surface area contributed by atoms with Gasteiger partial charge in [-0.2, -0.15) is 5.10 Å². The molecule has 144 valence electrons. The van der Waals surface area contributed by atoms with Crippen LogP contribution in [0.5, 0.6) is 0 Å². The van der Waals surface area contributed by atoms with Crippen molar-refractivity contribution in [1.29, 1.82) is 0 Å². The molecule has 1 aliphatic rings. The molecule has 0 aromatic carbocycles. The molecule has 2 atom stereocenters. The Morgan fingerprint density at radius 2 is 2.19 bits per heavy atom. The van der Waals surface area contributed by atoms with Crippen molar-refractivity contribution in [2.24, 2.45) is 18.9 Å². The summed E-state index contributed by atoms with van der Waals surface area (Å²) in [6, 6.07) is 3.27. The molecular weight excluding hydrogens is 346 g/mol. The van der Waals surface area contributed by atoms with E-state index in [-0.39, 0.29) is 17.7 Å². The molecule has 0 fully saturated rings. The van der Waals surface area contributed by atoms with Gasteiger partial charge in [0, 0.05) is 24.7 Å². The van der Waals surface area contributed by atoms with Crippen molar-refractivity contribution >= 4 is 17.7 Å². The summed E-state index contributed by atoms with van der Waals surface area (Å²) in [7, 11) is 1.81. The molecule has 27 heavy (non-hydrogen) atoms. The number of carbonyl (C=O) groups excluding carboxylic acids is 1. The lowest BCUT2D eigenvalue weighted by atomic mass is 9.88. The molecule has 8 heteroatoms. The number of rotatable bonds is 2. The molecule has 2 aromatic rings. The van der Waals surface area contributed by atoms with Crippen molar-refractivity contribution in [3.63, 3.8) is 0 Å². The summed E-state index contributed by atoms with van der Waals surface area (Å²) >= 11 is 0. The fraction of sp³-hybridized carbons (Fsp3) is 0.474. The minimum atomic E-state index is -1.08. The lowest BCUT2D eigenvalue weighted by Gasteiger charge is -2.23. The number of amides is 2. The maximum absolute atomic E-state index is 12.9. The van der Waals surface area contributed by atoms with Gasteiger partial charge in [-0.15, -0.1) is 0 Å². The van der Waals surface area contributed by atoms with Crippen LogP contribution in [0.3, 0.4) is 0 Å². The summed E-state index contributed by atoms with van der Waals surface area (Å²) in [6.07, 6.45) is 4.19. The van der Waals surface area contributed by atoms with E-state index in [1.807, 2.05) is 33.0 Å². The number of hydrogen-bond donors (Lipinski definition) is 3. The van der Waals surface area contributed by atoms with E-state index >= 15 is 0 Å². The maximum atomic E-state index is 12.9. The number of fused-ring (bicyclic) bond motifs is 4. The van der Waals surface area contributed by atoms with E-state index in [1.54, 1.807) is 17.1 Å². The average Bonchev–Trinajstić information content (AvgIpc) is 2.96. The van der Waals surface area contributed by atoms with Crippen molar-refractivity contribution < 1.29 is 14.7 Å². The van der Waals surface area contributed by atoms with Gasteiger partial charge in [0.1, 0.15) is 0 Å². The Hall–Kier alpha value is -2.90. The van der Waals surface area contributed by atoms with Crippen molar-refractivity contribution in [2.45, 2.75) is 39.2 Å². The zero-order valence-electron chi connectivity index (χ0n) is 15.8. The molecular formula is C19H25N5O3. The van der Waals surface area contributed by atoms with Gasteiger partial charge in [-0.3, -0.25) is 14.5 Å². The minimum Gasteiger partial charge on any atom is -0.465 e. The third-order valence-corrected chi connectivity index (χ3v) is 5.06.